The molecule has 2 rings (SSSR count). The van der Waals surface area contributed by atoms with Gasteiger partial charge in [0.15, 0.2) is 0 Å². The largest absolute Gasteiger partial charge is 0.316 e. The van der Waals surface area contributed by atoms with Gasteiger partial charge in [-0.05, 0) is 55.9 Å². The Balaban J connectivity index is 1.88. The SMILES string of the molecule is CN(Cc1cccnc1)CC(C)(C)C1CCCNC1. The van der Waals surface area contributed by atoms with E-state index in [1.807, 2.05) is 18.5 Å². The Morgan fingerprint density at radius 2 is 2.32 bits per heavy atom. The minimum absolute atomic E-state index is 0.365. The Hall–Kier alpha value is -0.930. The Labute approximate surface area is 117 Å². The number of nitrogens with one attached hydrogen (secondary N) is 1. The van der Waals surface area contributed by atoms with Crippen LogP contribution in [0.4, 0.5) is 0 Å². The third kappa shape index (κ3) is 4.29. The average Bonchev–Trinajstić information content (AvgIpc) is 2.40. The number of piperidine rings is 1. The predicted octanol–water partition coefficient (Wildman–Crippen LogP) is 2.54. The molecule has 0 amide bonds. The molecule has 1 fully saturated rings. The van der Waals surface area contributed by atoms with Crippen molar-refractivity contribution in [2.45, 2.75) is 33.2 Å². The van der Waals surface area contributed by atoms with Crippen LogP contribution in [-0.2, 0) is 6.54 Å². The molecule has 1 unspecified atom stereocenters. The fraction of sp³-hybridized carbons (Fsp3) is 0.688. The first kappa shape index (κ1) is 14.5. The van der Waals surface area contributed by atoms with Gasteiger partial charge in [-0.15, -0.1) is 0 Å². The zero-order valence-electron chi connectivity index (χ0n) is 12.5. The lowest BCUT2D eigenvalue weighted by Crippen LogP contribution is -2.43. The third-order valence-corrected chi connectivity index (χ3v) is 4.25. The van der Waals surface area contributed by atoms with Crippen molar-refractivity contribution < 1.29 is 0 Å². The number of rotatable bonds is 5. The molecular weight excluding hydrogens is 234 g/mol. The quantitative estimate of drug-likeness (QED) is 0.883. The van der Waals surface area contributed by atoms with Crippen LogP contribution in [0.15, 0.2) is 24.5 Å². The molecule has 0 spiro atoms. The summed E-state index contributed by atoms with van der Waals surface area (Å²) < 4.78 is 0. The number of aromatic nitrogens is 1. The third-order valence-electron chi connectivity index (χ3n) is 4.25. The Kier molecular flexibility index (Phi) is 4.94. The molecule has 1 aliphatic heterocycles. The first-order valence-electron chi connectivity index (χ1n) is 7.36. The molecule has 1 aromatic heterocycles. The number of pyridine rings is 1. The fourth-order valence-corrected chi connectivity index (χ4v) is 3.20. The van der Waals surface area contributed by atoms with Crippen LogP contribution in [0.2, 0.25) is 0 Å². The molecule has 19 heavy (non-hydrogen) atoms. The van der Waals surface area contributed by atoms with E-state index >= 15 is 0 Å². The van der Waals surface area contributed by atoms with E-state index < -0.39 is 0 Å². The van der Waals surface area contributed by atoms with E-state index in [2.05, 4.69) is 42.2 Å². The van der Waals surface area contributed by atoms with Crippen LogP contribution >= 0.6 is 0 Å². The molecule has 0 saturated carbocycles. The Morgan fingerprint density at radius 1 is 1.47 bits per heavy atom. The van der Waals surface area contributed by atoms with E-state index in [0.29, 0.717) is 5.41 Å². The smallest absolute Gasteiger partial charge is 0.0312 e. The zero-order chi connectivity index (χ0) is 13.7. The molecule has 1 aromatic rings. The summed E-state index contributed by atoms with van der Waals surface area (Å²) in [6.45, 7) is 9.30. The minimum Gasteiger partial charge on any atom is -0.316 e. The van der Waals surface area contributed by atoms with Crippen LogP contribution in [-0.4, -0.2) is 36.6 Å². The highest BCUT2D eigenvalue weighted by Crippen LogP contribution is 2.32. The van der Waals surface area contributed by atoms with E-state index in [1.165, 1.54) is 31.5 Å². The van der Waals surface area contributed by atoms with E-state index in [4.69, 9.17) is 0 Å². The molecule has 1 saturated heterocycles. The molecule has 0 aromatic carbocycles. The summed E-state index contributed by atoms with van der Waals surface area (Å²) in [5.74, 6) is 0.789. The van der Waals surface area contributed by atoms with Crippen molar-refractivity contribution in [2.75, 3.05) is 26.7 Å². The summed E-state index contributed by atoms with van der Waals surface area (Å²) in [5, 5.41) is 3.54. The van der Waals surface area contributed by atoms with Gasteiger partial charge >= 0.3 is 0 Å². The molecule has 1 atom stereocenters. The summed E-state index contributed by atoms with van der Waals surface area (Å²) in [4.78, 5) is 6.61. The van der Waals surface area contributed by atoms with Crippen molar-refractivity contribution in [3.05, 3.63) is 30.1 Å². The van der Waals surface area contributed by atoms with Gasteiger partial charge in [-0.3, -0.25) is 4.98 Å². The molecule has 2 heterocycles. The van der Waals surface area contributed by atoms with Crippen LogP contribution in [0.5, 0.6) is 0 Å². The van der Waals surface area contributed by atoms with Gasteiger partial charge < -0.3 is 10.2 Å². The molecule has 0 radical (unpaired) electrons. The van der Waals surface area contributed by atoms with E-state index in [-0.39, 0.29) is 0 Å². The van der Waals surface area contributed by atoms with Crippen molar-refractivity contribution in [1.29, 1.82) is 0 Å². The molecule has 0 aliphatic carbocycles. The van der Waals surface area contributed by atoms with Gasteiger partial charge in [0, 0.05) is 25.5 Å². The number of hydrogen-bond acceptors (Lipinski definition) is 3. The summed E-state index contributed by atoms with van der Waals surface area (Å²) in [5.41, 5.74) is 1.66. The van der Waals surface area contributed by atoms with Gasteiger partial charge in [0.1, 0.15) is 0 Å². The highest BCUT2D eigenvalue weighted by Gasteiger charge is 2.31. The number of nitrogens with zero attached hydrogens (tertiary/aromatic N) is 2. The van der Waals surface area contributed by atoms with Crippen molar-refractivity contribution in [1.82, 2.24) is 15.2 Å². The lowest BCUT2D eigenvalue weighted by atomic mass is 9.74. The lowest BCUT2D eigenvalue weighted by molar-refractivity contribution is 0.111. The van der Waals surface area contributed by atoms with Crippen LogP contribution in [0, 0.1) is 11.3 Å². The standard InChI is InChI=1S/C16H27N3/c1-16(2,15-7-5-9-18-11-15)13-19(3)12-14-6-4-8-17-10-14/h4,6,8,10,15,18H,5,7,9,11-13H2,1-3H3. The monoisotopic (exact) mass is 261 g/mol. The summed E-state index contributed by atoms with van der Waals surface area (Å²) in [6, 6.07) is 4.16. The van der Waals surface area contributed by atoms with Crippen LogP contribution in [0.1, 0.15) is 32.3 Å². The molecular formula is C16H27N3. The number of hydrogen-bond donors (Lipinski definition) is 1. The lowest BCUT2D eigenvalue weighted by Gasteiger charge is -2.40. The van der Waals surface area contributed by atoms with Gasteiger partial charge in [-0.25, -0.2) is 0 Å². The zero-order valence-corrected chi connectivity index (χ0v) is 12.5. The summed E-state index contributed by atoms with van der Waals surface area (Å²) in [7, 11) is 2.21. The highest BCUT2D eigenvalue weighted by atomic mass is 15.1. The Bertz CT molecular complexity index is 369. The summed E-state index contributed by atoms with van der Waals surface area (Å²) >= 11 is 0. The molecule has 106 valence electrons. The van der Waals surface area contributed by atoms with Gasteiger partial charge in [0.05, 0.1) is 0 Å². The molecule has 0 bridgehead atoms. The van der Waals surface area contributed by atoms with Gasteiger partial charge in [0.2, 0.25) is 0 Å². The van der Waals surface area contributed by atoms with Crippen LogP contribution in [0.25, 0.3) is 0 Å². The maximum Gasteiger partial charge on any atom is 0.0312 e. The van der Waals surface area contributed by atoms with Crippen molar-refractivity contribution in [2.24, 2.45) is 11.3 Å². The second-order valence-corrected chi connectivity index (χ2v) is 6.57. The molecule has 3 heteroatoms. The average molecular weight is 261 g/mol. The van der Waals surface area contributed by atoms with Crippen LogP contribution in [0.3, 0.4) is 0 Å². The first-order valence-corrected chi connectivity index (χ1v) is 7.36. The van der Waals surface area contributed by atoms with Crippen molar-refractivity contribution >= 4 is 0 Å². The second-order valence-electron chi connectivity index (χ2n) is 6.57. The van der Waals surface area contributed by atoms with Crippen molar-refractivity contribution in [3.63, 3.8) is 0 Å². The molecule has 1 aliphatic rings. The normalized spacial score (nSPS) is 20.7. The van der Waals surface area contributed by atoms with Gasteiger partial charge in [0.25, 0.3) is 0 Å². The van der Waals surface area contributed by atoms with E-state index in [1.54, 1.807) is 0 Å². The maximum atomic E-state index is 4.19. The molecule has 3 nitrogen and oxygen atoms in total. The van der Waals surface area contributed by atoms with Gasteiger partial charge in [-0.1, -0.05) is 19.9 Å². The Morgan fingerprint density at radius 3 is 2.95 bits per heavy atom. The first-order chi connectivity index (χ1) is 9.08. The topological polar surface area (TPSA) is 28.2 Å². The van der Waals surface area contributed by atoms with E-state index in [9.17, 15) is 0 Å². The van der Waals surface area contributed by atoms with Crippen molar-refractivity contribution in [3.8, 4) is 0 Å². The molecule has 1 N–H and O–H groups in total. The van der Waals surface area contributed by atoms with Gasteiger partial charge in [-0.2, -0.15) is 0 Å². The predicted molar refractivity (Wildman–Crippen MR) is 79.9 cm³/mol. The highest BCUT2D eigenvalue weighted by molar-refractivity contribution is 5.08. The fourth-order valence-electron chi connectivity index (χ4n) is 3.20. The second kappa shape index (κ2) is 6.49. The van der Waals surface area contributed by atoms with E-state index in [0.717, 1.165) is 19.0 Å². The van der Waals surface area contributed by atoms with Crippen LogP contribution < -0.4 is 5.32 Å². The minimum atomic E-state index is 0.365. The maximum absolute atomic E-state index is 4.19. The summed E-state index contributed by atoms with van der Waals surface area (Å²) in [6.07, 6.45) is 6.48.